The van der Waals surface area contributed by atoms with E-state index < -0.39 is 5.91 Å². The van der Waals surface area contributed by atoms with Gasteiger partial charge < -0.3 is 19.5 Å². The molecule has 15 heavy (non-hydrogen) atoms. The first-order valence-corrected chi connectivity index (χ1v) is 4.53. The summed E-state index contributed by atoms with van der Waals surface area (Å²) in [5.74, 6) is -0.630. The number of hydrogen-bond acceptors (Lipinski definition) is 5. The van der Waals surface area contributed by atoms with Crippen molar-refractivity contribution >= 4 is 11.9 Å². The maximum absolute atomic E-state index is 11.3. The maximum atomic E-state index is 11.3. The second-order valence-corrected chi connectivity index (χ2v) is 2.78. The minimum atomic E-state index is -0.390. The summed E-state index contributed by atoms with van der Waals surface area (Å²) in [5, 5.41) is 2.50. The molecule has 1 amide bonds. The van der Waals surface area contributed by atoms with E-state index in [-0.39, 0.29) is 24.7 Å². The molecule has 1 rings (SSSR count). The zero-order valence-electron chi connectivity index (χ0n) is 8.45. The fraction of sp³-hybridized carbons (Fsp3) is 0.556. The highest BCUT2D eigenvalue weighted by Gasteiger charge is 2.14. The molecular weight excluding hydrogens is 202 g/mol. The molecule has 0 aromatic rings. The Hall–Kier alpha value is -1.72. The van der Waals surface area contributed by atoms with Crippen molar-refractivity contribution in [3.8, 4) is 0 Å². The van der Waals surface area contributed by atoms with E-state index in [9.17, 15) is 9.59 Å². The van der Waals surface area contributed by atoms with E-state index in [0.29, 0.717) is 13.2 Å². The van der Waals surface area contributed by atoms with Crippen LogP contribution in [0.3, 0.4) is 0 Å². The van der Waals surface area contributed by atoms with Gasteiger partial charge in [0.2, 0.25) is 5.76 Å². The van der Waals surface area contributed by atoms with Crippen LogP contribution in [-0.4, -0.2) is 38.7 Å². The Morgan fingerprint density at radius 3 is 2.93 bits per heavy atom. The van der Waals surface area contributed by atoms with Gasteiger partial charge in [-0.3, -0.25) is 9.59 Å². The normalized spacial score (nSPS) is 14.3. The van der Waals surface area contributed by atoms with E-state index in [0.717, 1.165) is 0 Å². The number of rotatable bonds is 4. The standard InChI is InChI=1S/C9H13NO5/c1-13-8(11)2-3-10-9(12)7-6-14-4-5-15-7/h6H,2-5H2,1H3,(H,10,12). The topological polar surface area (TPSA) is 73.9 Å². The Balaban J connectivity index is 2.23. The number of carbonyl (C=O) groups is 2. The first-order chi connectivity index (χ1) is 7.24. The van der Waals surface area contributed by atoms with Crippen LogP contribution in [0.15, 0.2) is 12.0 Å². The van der Waals surface area contributed by atoms with E-state index in [1.807, 2.05) is 0 Å². The Kier molecular flexibility index (Phi) is 4.46. The van der Waals surface area contributed by atoms with Crippen LogP contribution in [0.4, 0.5) is 0 Å². The Labute approximate surface area is 87.2 Å². The molecule has 1 aliphatic rings. The highest BCUT2D eigenvalue weighted by molar-refractivity contribution is 5.91. The van der Waals surface area contributed by atoms with Gasteiger partial charge in [0.1, 0.15) is 19.5 Å². The molecule has 0 aromatic heterocycles. The maximum Gasteiger partial charge on any atom is 0.307 e. The minimum Gasteiger partial charge on any atom is -0.494 e. The summed E-state index contributed by atoms with van der Waals surface area (Å²) in [6, 6.07) is 0. The number of hydrogen-bond donors (Lipinski definition) is 1. The van der Waals surface area contributed by atoms with Crippen molar-refractivity contribution in [2.45, 2.75) is 6.42 Å². The predicted octanol–water partition coefficient (Wildman–Crippen LogP) is -0.446. The molecule has 0 saturated heterocycles. The van der Waals surface area contributed by atoms with Crippen molar-refractivity contribution in [1.82, 2.24) is 5.32 Å². The van der Waals surface area contributed by atoms with Gasteiger partial charge in [0.25, 0.3) is 5.91 Å². The molecule has 84 valence electrons. The molecule has 0 radical (unpaired) electrons. The molecule has 0 unspecified atom stereocenters. The molecule has 6 heteroatoms. The van der Waals surface area contributed by atoms with E-state index >= 15 is 0 Å². The second kappa shape index (κ2) is 5.90. The predicted molar refractivity (Wildman–Crippen MR) is 49.6 cm³/mol. The average molecular weight is 215 g/mol. The summed E-state index contributed by atoms with van der Waals surface area (Å²) in [4.78, 5) is 22.1. The largest absolute Gasteiger partial charge is 0.494 e. The lowest BCUT2D eigenvalue weighted by Gasteiger charge is -2.14. The summed E-state index contributed by atoms with van der Waals surface area (Å²) < 4.78 is 14.4. The number of nitrogens with one attached hydrogen (secondary N) is 1. The third kappa shape index (κ3) is 3.88. The molecule has 0 aliphatic carbocycles. The first kappa shape index (κ1) is 11.4. The molecule has 0 spiro atoms. The smallest absolute Gasteiger partial charge is 0.307 e. The van der Waals surface area contributed by atoms with Crippen molar-refractivity contribution in [2.75, 3.05) is 26.9 Å². The summed E-state index contributed by atoms with van der Waals surface area (Å²) in [6.07, 6.45) is 1.40. The van der Waals surface area contributed by atoms with E-state index in [1.54, 1.807) is 0 Å². The number of carbonyl (C=O) groups excluding carboxylic acids is 2. The van der Waals surface area contributed by atoms with Gasteiger partial charge in [-0.2, -0.15) is 0 Å². The van der Waals surface area contributed by atoms with Crippen molar-refractivity contribution < 1.29 is 23.8 Å². The van der Waals surface area contributed by atoms with Gasteiger partial charge in [-0.15, -0.1) is 0 Å². The monoisotopic (exact) mass is 215 g/mol. The molecule has 0 saturated carbocycles. The molecule has 6 nitrogen and oxygen atoms in total. The second-order valence-electron chi connectivity index (χ2n) is 2.78. The summed E-state index contributed by atoms with van der Waals surface area (Å²) >= 11 is 0. The summed E-state index contributed by atoms with van der Waals surface area (Å²) in [5.41, 5.74) is 0. The third-order valence-corrected chi connectivity index (χ3v) is 1.72. The Morgan fingerprint density at radius 2 is 2.33 bits per heavy atom. The number of amides is 1. The Morgan fingerprint density at radius 1 is 1.53 bits per heavy atom. The molecule has 0 bridgehead atoms. The van der Waals surface area contributed by atoms with E-state index in [1.165, 1.54) is 13.4 Å². The van der Waals surface area contributed by atoms with Crippen LogP contribution in [0, 0.1) is 0 Å². The molecule has 0 atom stereocenters. The van der Waals surface area contributed by atoms with Crippen molar-refractivity contribution in [2.24, 2.45) is 0 Å². The zero-order valence-corrected chi connectivity index (χ0v) is 8.45. The van der Waals surface area contributed by atoms with Gasteiger partial charge in [-0.1, -0.05) is 0 Å². The highest BCUT2D eigenvalue weighted by Crippen LogP contribution is 2.03. The lowest BCUT2D eigenvalue weighted by Crippen LogP contribution is -2.30. The lowest BCUT2D eigenvalue weighted by molar-refractivity contribution is -0.140. The van der Waals surface area contributed by atoms with Crippen molar-refractivity contribution in [3.63, 3.8) is 0 Å². The molecule has 1 heterocycles. The Bertz CT molecular complexity index is 274. The van der Waals surface area contributed by atoms with Crippen molar-refractivity contribution in [3.05, 3.63) is 12.0 Å². The first-order valence-electron chi connectivity index (χ1n) is 4.53. The molecule has 0 aromatic carbocycles. The molecule has 1 aliphatic heterocycles. The van der Waals surface area contributed by atoms with Gasteiger partial charge in [-0.05, 0) is 0 Å². The SMILES string of the molecule is COC(=O)CCNC(=O)C1=COCCO1. The van der Waals surface area contributed by atoms with E-state index in [2.05, 4.69) is 10.1 Å². The van der Waals surface area contributed by atoms with Crippen LogP contribution in [-0.2, 0) is 23.8 Å². The quantitative estimate of drug-likeness (QED) is 0.643. The van der Waals surface area contributed by atoms with Gasteiger partial charge in [0.05, 0.1) is 13.5 Å². The lowest BCUT2D eigenvalue weighted by atomic mass is 10.4. The zero-order chi connectivity index (χ0) is 11.1. The number of methoxy groups -OCH3 is 1. The van der Waals surface area contributed by atoms with Crippen LogP contribution in [0.5, 0.6) is 0 Å². The van der Waals surface area contributed by atoms with Gasteiger partial charge in [-0.25, -0.2) is 0 Å². The van der Waals surface area contributed by atoms with E-state index in [4.69, 9.17) is 9.47 Å². The van der Waals surface area contributed by atoms with Crippen LogP contribution >= 0.6 is 0 Å². The number of esters is 1. The van der Waals surface area contributed by atoms with Gasteiger partial charge >= 0.3 is 5.97 Å². The highest BCUT2D eigenvalue weighted by atomic mass is 16.6. The molecule has 1 N–H and O–H groups in total. The van der Waals surface area contributed by atoms with Crippen LogP contribution in [0.2, 0.25) is 0 Å². The summed E-state index contributed by atoms with van der Waals surface area (Å²) in [7, 11) is 1.30. The summed E-state index contributed by atoms with van der Waals surface area (Å²) in [6.45, 7) is 1.02. The number of ether oxygens (including phenoxy) is 3. The fourth-order valence-corrected chi connectivity index (χ4v) is 0.955. The van der Waals surface area contributed by atoms with Crippen LogP contribution < -0.4 is 5.32 Å². The van der Waals surface area contributed by atoms with Crippen LogP contribution in [0.25, 0.3) is 0 Å². The third-order valence-electron chi connectivity index (χ3n) is 1.72. The molecule has 0 fully saturated rings. The van der Waals surface area contributed by atoms with Gasteiger partial charge in [0.15, 0.2) is 0 Å². The fourth-order valence-electron chi connectivity index (χ4n) is 0.955. The van der Waals surface area contributed by atoms with Gasteiger partial charge in [0, 0.05) is 6.54 Å². The average Bonchev–Trinajstić information content (AvgIpc) is 2.29. The molecular formula is C9H13NO5. The van der Waals surface area contributed by atoms with Crippen LogP contribution in [0.1, 0.15) is 6.42 Å². The van der Waals surface area contributed by atoms with Crippen molar-refractivity contribution in [1.29, 1.82) is 0 Å². The minimum absolute atomic E-state index is 0.131.